The maximum Gasteiger partial charge on any atom is 0.335 e. The predicted molar refractivity (Wildman–Crippen MR) is 153 cm³/mol. The molecule has 5 rings (SSSR count). The number of ether oxygens (including phenoxy) is 1. The van der Waals surface area contributed by atoms with Crippen molar-refractivity contribution < 1.29 is 28.7 Å². The molecular formula is C31H33N5O6. The number of allylic oxidation sites excluding steroid dienone is 1. The van der Waals surface area contributed by atoms with Crippen molar-refractivity contribution in [2.45, 2.75) is 57.3 Å². The van der Waals surface area contributed by atoms with Gasteiger partial charge in [-0.2, -0.15) is 0 Å². The maximum atomic E-state index is 13.8. The van der Waals surface area contributed by atoms with Gasteiger partial charge in [0, 0.05) is 49.1 Å². The van der Waals surface area contributed by atoms with Crippen molar-refractivity contribution in [1.82, 2.24) is 25.8 Å². The summed E-state index contributed by atoms with van der Waals surface area (Å²) < 4.78 is 4.93. The molecule has 0 radical (unpaired) electrons. The van der Waals surface area contributed by atoms with E-state index < -0.39 is 41.8 Å². The van der Waals surface area contributed by atoms with Gasteiger partial charge < -0.3 is 30.6 Å². The van der Waals surface area contributed by atoms with Crippen LogP contribution >= 0.6 is 0 Å². The Morgan fingerprint density at radius 1 is 1.07 bits per heavy atom. The third kappa shape index (κ3) is 5.90. The Labute approximate surface area is 242 Å². The lowest BCUT2D eigenvalue weighted by atomic mass is 9.97. The van der Waals surface area contributed by atoms with Crippen LogP contribution in [0.25, 0.3) is 10.9 Å². The number of amides is 4. The zero-order chi connectivity index (χ0) is 29.8. The first-order valence-electron chi connectivity index (χ1n) is 13.8. The number of fused-ring (bicyclic) bond motifs is 2. The van der Waals surface area contributed by atoms with E-state index in [0.717, 1.165) is 22.0 Å². The van der Waals surface area contributed by atoms with Crippen molar-refractivity contribution in [2.75, 3.05) is 7.11 Å². The van der Waals surface area contributed by atoms with Crippen LogP contribution in [0, 0.1) is 0 Å². The van der Waals surface area contributed by atoms with Gasteiger partial charge in [0.2, 0.25) is 23.6 Å². The van der Waals surface area contributed by atoms with Gasteiger partial charge in [-0.05, 0) is 30.0 Å². The number of hydrogen-bond donors (Lipinski definition) is 4. The monoisotopic (exact) mass is 571 g/mol. The van der Waals surface area contributed by atoms with Crippen LogP contribution in [0.1, 0.15) is 37.3 Å². The topological polar surface area (TPSA) is 150 Å². The normalized spacial score (nSPS) is 18.8. The quantitative estimate of drug-likeness (QED) is 0.288. The van der Waals surface area contributed by atoms with E-state index in [9.17, 15) is 24.0 Å². The van der Waals surface area contributed by atoms with Crippen LogP contribution in [-0.2, 0) is 41.7 Å². The molecule has 1 fully saturated rings. The Hall–Kier alpha value is -4.93. The second-order valence-electron chi connectivity index (χ2n) is 10.5. The van der Waals surface area contributed by atoms with Crippen molar-refractivity contribution in [3.05, 3.63) is 83.2 Å². The Balaban J connectivity index is 1.40. The van der Waals surface area contributed by atoms with E-state index in [1.165, 1.54) is 18.9 Å². The SMILES string of the molecule is COC(=O)C1=C2CCC(C(=O)N[C@@H](Cc3c[nH]c4ccccc34)C(=O)NCc3ccccc3)N2C(=O)C(NC(C)=O)C1. The summed E-state index contributed by atoms with van der Waals surface area (Å²) >= 11 is 0. The van der Waals surface area contributed by atoms with Crippen LogP contribution in [0.4, 0.5) is 0 Å². The van der Waals surface area contributed by atoms with Crippen molar-refractivity contribution >= 4 is 40.5 Å². The Morgan fingerprint density at radius 2 is 1.81 bits per heavy atom. The first-order chi connectivity index (χ1) is 20.3. The van der Waals surface area contributed by atoms with Crippen LogP contribution in [0.2, 0.25) is 0 Å². The van der Waals surface area contributed by atoms with Gasteiger partial charge in [-0.25, -0.2) is 4.79 Å². The number of nitrogens with zero attached hydrogens (tertiary/aromatic N) is 1. The fourth-order valence-corrected chi connectivity index (χ4v) is 5.71. The first-order valence-corrected chi connectivity index (χ1v) is 13.8. The summed E-state index contributed by atoms with van der Waals surface area (Å²) in [5.74, 6) is -2.42. The predicted octanol–water partition coefficient (Wildman–Crippen LogP) is 1.84. The molecule has 0 saturated carbocycles. The number of aromatic amines is 1. The highest BCUT2D eigenvalue weighted by atomic mass is 16.5. The van der Waals surface area contributed by atoms with Gasteiger partial charge in [-0.15, -0.1) is 0 Å². The van der Waals surface area contributed by atoms with Gasteiger partial charge >= 0.3 is 5.97 Å². The molecule has 0 aliphatic carbocycles. The minimum Gasteiger partial charge on any atom is -0.466 e. The summed E-state index contributed by atoms with van der Waals surface area (Å²) in [6, 6.07) is 14.2. The molecule has 11 heteroatoms. The maximum absolute atomic E-state index is 13.8. The molecule has 1 saturated heterocycles. The number of nitrogens with one attached hydrogen (secondary N) is 4. The Morgan fingerprint density at radius 3 is 2.55 bits per heavy atom. The zero-order valence-electron chi connectivity index (χ0n) is 23.4. The smallest absolute Gasteiger partial charge is 0.335 e. The molecule has 0 bridgehead atoms. The summed E-state index contributed by atoms with van der Waals surface area (Å²) in [5.41, 5.74) is 3.33. The van der Waals surface area contributed by atoms with Crippen LogP contribution in [0.5, 0.6) is 0 Å². The molecule has 3 heterocycles. The third-order valence-corrected chi connectivity index (χ3v) is 7.70. The zero-order valence-corrected chi connectivity index (χ0v) is 23.4. The lowest BCUT2D eigenvalue weighted by Crippen LogP contribution is -2.57. The molecule has 11 nitrogen and oxygen atoms in total. The second-order valence-corrected chi connectivity index (χ2v) is 10.5. The van der Waals surface area contributed by atoms with E-state index >= 15 is 0 Å². The molecule has 1 aromatic heterocycles. The molecule has 4 amide bonds. The molecule has 2 aliphatic rings. The number of methoxy groups -OCH3 is 1. The number of aromatic nitrogens is 1. The molecule has 2 aromatic carbocycles. The van der Waals surface area contributed by atoms with Gasteiger partial charge in [0.25, 0.3) is 0 Å². The summed E-state index contributed by atoms with van der Waals surface area (Å²) in [6.07, 6.45) is 2.57. The minimum atomic E-state index is -1.01. The van der Waals surface area contributed by atoms with E-state index in [4.69, 9.17) is 4.74 Å². The van der Waals surface area contributed by atoms with Crippen LogP contribution in [0.3, 0.4) is 0 Å². The molecule has 3 atom stereocenters. The van der Waals surface area contributed by atoms with Gasteiger partial charge in [-0.1, -0.05) is 48.5 Å². The Bertz CT molecular complexity index is 1560. The number of rotatable bonds is 9. The van der Waals surface area contributed by atoms with E-state index in [2.05, 4.69) is 20.9 Å². The highest BCUT2D eigenvalue weighted by Crippen LogP contribution is 2.37. The number of hydrogen-bond acceptors (Lipinski definition) is 6. The lowest BCUT2D eigenvalue weighted by Gasteiger charge is -2.35. The summed E-state index contributed by atoms with van der Waals surface area (Å²) in [7, 11) is 1.24. The second kappa shape index (κ2) is 12.3. The number of benzene rings is 2. The van der Waals surface area contributed by atoms with Crippen LogP contribution in [0.15, 0.2) is 72.1 Å². The van der Waals surface area contributed by atoms with Crippen molar-refractivity contribution in [3.8, 4) is 0 Å². The van der Waals surface area contributed by atoms with E-state index in [0.29, 0.717) is 12.1 Å². The number of esters is 1. The fraction of sp³-hybridized carbons (Fsp3) is 0.323. The molecule has 42 heavy (non-hydrogen) atoms. The Kier molecular flexibility index (Phi) is 8.37. The summed E-state index contributed by atoms with van der Waals surface area (Å²) in [4.78, 5) is 69.6. The molecule has 218 valence electrons. The summed E-state index contributed by atoms with van der Waals surface area (Å²) in [5, 5.41) is 9.31. The standard InChI is InChI=1S/C31H33N5O6/c1-18(37)34-25-15-22(31(41)42-2)26-12-13-27(36(26)30(25)40)29(39)35-24(28(38)33-16-19-8-4-3-5-9-19)14-20-17-32-23-11-7-6-10-21(20)23/h3-11,17,24-25,27,32H,12-16H2,1-2H3,(H,33,38)(H,34,37)(H,35,39)/t24-,25?,27?/m0/s1. The minimum absolute atomic E-state index is 0.0175. The van der Waals surface area contributed by atoms with Crippen molar-refractivity contribution in [3.63, 3.8) is 0 Å². The van der Waals surface area contributed by atoms with Crippen molar-refractivity contribution in [1.29, 1.82) is 0 Å². The average molecular weight is 572 g/mol. The molecule has 3 aromatic rings. The molecule has 4 N–H and O–H groups in total. The number of carbonyl (C=O) groups is 5. The van der Waals surface area contributed by atoms with Gasteiger partial charge in [-0.3, -0.25) is 19.2 Å². The van der Waals surface area contributed by atoms with E-state index in [1.54, 1.807) is 0 Å². The molecule has 2 unspecified atom stereocenters. The third-order valence-electron chi connectivity index (χ3n) is 7.70. The van der Waals surface area contributed by atoms with Crippen molar-refractivity contribution in [2.24, 2.45) is 0 Å². The largest absolute Gasteiger partial charge is 0.466 e. The van der Waals surface area contributed by atoms with Gasteiger partial charge in [0.05, 0.1) is 12.7 Å². The van der Waals surface area contributed by atoms with Crippen LogP contribution in [-0.4, -0.2) is 64.7 Å². The molecule has 0 spiro atoms. The number of H-pyrrole nitrogens is 1. The van der Waals surface area contributed by atoms with Gasteiger partial charge in [0.1, 0.15) is 18.1 Å². The van der Waals surface area contributed by atoms with Gasteiger partial charge in [0.15, 0.2) is 0 Å². The number of carbonyl (C=O) groups excluding carboxylic acids is 5. The van der Waals surface area contributed by atoms with E-state index in [1.807, 2.05) is 60.8 Å². The highest BCUT2D eigenvalue weighted by molar-refractivity contribution is 6.00. The lowest BCUT2D eigenvalue weighted by molar-refractivity contribution is -0.143. The number of para-hydroxylation sites is 1. The average Bonchev–Trinajstić information content (AvgIpc) is 3.62. The molecule has 2 aliphatic heterocycles. The molecular weight excluding hydrogens is 538 g/mol. The summed E-state index contributed by atoms with van der Waals surface area (Å²) in [6.45, 7) is 1.56. The first kappa shape index (κ1) is 28.6. The highest BCUT2D eigenvalue weighted by Gasteiger charge is 2.47. The van der Waals surface area contributed by atoms with Crippen LogP contribution < -0.4 is 16.0 Å². The fourth-order valence-electron chi connectivity index (χ4n) is 5.71. The van der Waals surface area contributed by atoms with E-state index in [-0.39, 0.29) is 37.3 Å².